The first-order chi connectivity index (χ1) is 13.6. The highest BCUT2D eigenvalue weighted by molar-refractivity contribution is 8.00. The van der Waals surface area contributed by atoms with Crippen molar-refractivity contribution in [2.24, 2.45) is 0 Å². The Morgan fingerprint density at radius 3 is 2.75 bits per heavy atom. The van der Waals surface area contributed by atoms with Crippen molar-refractivity contribution in [1.82, 2.24) is 9.97 Å². The molecule has 4 aromatic rings. The number of nitrogens with one attached hydrogen (secondary N) is 1. The second-order valence-corrected chi connectivity index (χ2v) is 8.58. The molecule has 0 saturated carbocycles. The van der Waals surface area contributed by atoms with Crippen molar-refractivity contribution >= 4 is 56.5 Å². The van der Waals surface area contributed by atoms with E-state index in [1.807, 2.05) is 60.8 Å². The Morgan fingerprint density at radius 1 is 1.14 bits per heavy atom. The number of anilines is 1. The number of aryl methyl sites for hydroxylation is 1. The van der Waals surface area contributed by atoms with Gasteiger partial charge in [-0.15, -0.1) is 11.3 Å². The SMILES string of the molecule is Cc1ccc(NC(=O)C(Sc2ncnc3sccc23)c2ccccc2)cc1Cl. The van der Waals surface area contributed by atoms with Crippen LogP contribution >= 0.6 is 34.7 Å². The molecule has 4 rings (SSSR count). The molecule has 0 radical (unpaired) electrons. The van der Waals surface area contributed by atoms with Gasteiger partial charge in [-0.05, 0) is 41.6 Å². The molecule has 1 amide bonds. The summed E-state index contributed by atoms with van der Waals surface area (Å²) in [6, 6.07) is 17.2. The van der Waals surface area contributed by atoms with Crippen LogP contribution < -0.4 is 5.32 Å². The zero-order chi connectivity index (χ0) is 19.5. The number of thiophene rings is 1. The van der Waals surface area contributed by atoms with E-state index in [0.717, 1.165) is 26.4 Å². The number of benzene rings is 2. The fraction of sp³-hybridized carbons (Fsp3) is 0.0952. The summed E-state index contributed by atoms with van der Waals surface area (Å²) in [6.07, 6.45) is 1.54. The summed E-state index contributed by atoms with van der Waals surface area (Å²) in [7, 11) is 0. The van der Waals surface area contributed by atoms with Crippen LogP contribution in [0.3, 0.4) is 0 Å². The molecule has 2 aromatic carbocycles. The van der Waals surface area contributed by atoms with Crippen LogP contribution in [0.1, 0.15) is 16.4 Å². The number of hydrogen-bond donors (Lipinski definition) is 1. The van der Waals surface area contributed by atoms with E-state index in [-0.39, 0.29) is 5.91 Å². The van der Waals surface area contributed by atoms with Gasteiger partial charge < -0.3 is 5.32 Å². The number of hydrogen-bond acceptors (Lipinski definition) is 5. The lowest BCUT2D eigenvalue weighted by Crippen LogP contribution is -2.19. The van der Waals surface area contributed by atoms with E-state index in [1.165, 1.54) is 11.8 Å². The quantitative estimate of drug-likeness (QED) is 0.309. The molecule has 28 heavy (non-hydrogen) atoms. The van der Waals surface area contributed by atoms with E-state index in [1.54, 1.807) is 23.7 Å². The Kier molecular flexibility index (Phi) is 5.62. The molecule has 0 bridgehead atoms. The summed E-state index contributed by atoms with van der Waals surface area (Å²) in [4.78, 5) is 22.8. The first kappa shape index (κ1) is 18.9. The molecule has 0 saturated heterocycles. The number of aromatic nitrogens is 2. The van der Waals surface area contributed by atoms with Gasteiger partial charge in [-0.3, -0.25) is 4.79 Å². The van der Waals surface area contributed by atoms with Gasteiger partial charge in [0.05, 0.1) is 0 Å². The van der Waals surface area contributed by atoms with E-state index in [9.17, 15) is 4.79 Å². The van der Waals surface area contributed by atoms with Crippen molar-refractivity contribution in [2.45, 2.75) is 17.2 Å². The van der Waals surface area contributed by atoms with Crippen molar-refractivity contribution in [3.05, 3.63) is 82.5 Å². The van der Waals surface area contributed by atoms with Gasteiger partial charge in [-0.25, -0.2) is 9.97 Å². The lowest BCUT2D eigenvalue weighted by molar-refractivity contribution is -0.115. The summed E-state index contributed by atoms with van der Waals surface area (Å²) in [5.74, 6) is -0.127. The highest BCUT2D eigenvalue weighted by Crippen LogP contribution is 2.39. The summed E-state index contributed by atoms with van der Waals surface area (Å²) in [5, 5.41) is 6.88. The average Bonchev–Trinajstić information content (AvgIpc) is 3.19. The van der Waals surface area contributed by atoms with Crippen molar-refractivity contribution in [2.75, 3.05) is 5.32 Å². The summed E-state index contributed by atoms with van der Waals surface area (Å²) in [5.41, 5.74) is 2.55. The van der Waals surface area contributed by atoms with Crippen molar-refractivity contribution in [3.8, 4) is 0 Å². The van der Waals surface area contributed by atoms with Crippen LogP contribution in [-0.2, 0) is 4.79 Å². The smallest absolute Gasteiger partial charge is 0.242 e. The molecule has 2 heterocycles. The summed E-state index contributed by atoms with van der Waals surface area (Å²) < 4.78 is 0. The second kappa shape index (κ2) is 8.31. The van der Waals surface area contributed by atoms with Gasteiger partial charge in [0.1, 0.15) is 21.4 Å². The topological polar surface area (TPSA) is 54.9 Å². The van der Waals surface area contributed by atoms with Gasteiger partial charge in [-0.2, -0.15) is 0 Å². The monoisotopic (exact) mass is 425 g/mol. The number of nitrogens with zero attached hydrogens (tertiary/aromatic N) is 2. The van der Waals surface area contributed by atoms with Crippen LogP contribution in [0.25, 0.3) is 10.2 Å². The molecule has 1 atom stereocenters. The molecule has 0 aliphatic heterocycles. The molecule has 1 N–H and O–H groups in total. The normalized spacial score (nSPS) is 12.1. The zero-order valence-corrected chi connectivity index (χ0v) is 17.3. The minimum Gasteiger partial charge on any atom is -0.325 e. The minimum atomic E-state index is -0.459. The van der Waals surface area contributed by atoms with Gasteiger partial charge in [0, 0.05) is 16.1 Å². The van der Waals surface area contributed by atoms with E-state index in [2.05, 4.69) is 15.3 Å². The standard InChI is InChI=1S/C21H16ClN3OS2/c1-13-7-8-15(11-17(13)22)25-19(26)18(14-5-3-2-4-6-14)28-21-16-9-10-27-20(16)23-12-24-21/h2-12,18H,1H3,(H,25,26). The number of thioether (sulfide) groups is 1. The van der Waals surface area contributed by atoms with Gasteiger partial charge in [0.25, 0.3) is 0 Å². The Balaban J connectivity index is 1.66. The van der Waals surface area contributed by atoms with E-state index < -0.39 is 5.25 Å². The number of carbonyl (C=O) groups is 1. The Labute approximate surface area is 176 Å². The summed E-state index contributed by atoms with van der Waals surface area (Å²) in [6.45, 7) is 1.93. The predicted molar refractivity (Wildman–Crippen MR) is 117 cm³/mol. The summed E-state index contributed by atoms with van der Waals surface area (Å²) >= 11 is 9.18. The second-order valence-electron chi connectivity index (χ2n) is 6.18. The number of halogens is 1. The van der Waals surface area contributed by atoms with Crippen LogP contribution in [0.2, 0.25) is 5.02 Å². The van der Waals surface area contributed by atoms with Gasteiger partial charge in [-0.1, -0.05) is 59.8 Å². The molecular formula is C21H16ClN3OS2. The van der Waals surface area contributed by atoms with E-state index in [0.29, 0.717) is 10.7 Å². The maximum Gasteiger partial charge on any atom is 0.242 e. The first-order valence-electron chi connectivity index (χ1n) is 8.58. The third kappa shape index (κ3) is 4.04. The van der Waals surface area contributed by atoms with Crippen LogP contribution in [0.5, 0.6) is 0 Å². The Hall–Kier alpha value is -2.41. The number of amides is 1. The van der Waals surface area contributed by atoms with Crippen molar-refractivity contribution in [1.29, 1.82) is 0 Å². The van der Waals surface area contributed by atoms with Crippen molar-refractivity contribution in [3.63, 3.8) is 0 Å². The molecule has 0 fully saturated rings. The van der Waals surface area contributed by atoms with Crippen LogP contribution in [0.4, 0.5) is 5.69 Å². The van der Waals surface area contributed by atoms with E-state index >= 15 is 0 Å². The number of carbonyl (C=O) groups excluding carboxylic acids is 1. The lowest BCUT2D eigenvalue weighted by Gasteiger charge is -2.17. The molecule has 4 nitrogen and oxygen atoms in total. The van der Waals surface area contributed by atoms with Gasteiger partial charge >= 0.3 is 0 Å². The van der Waals surface area contributed by atoms with Crippen LogP contribution in [-0.4, -0.2) is 15.9 Å². The largest absolute Gasteiger partial charge is 0.325 e. The van der Waals surface area contributed by atoms with E-state index in [4.69, 9.17) is 11.6 Å². The van der Waals surface area contributed by atoms with Gasteiger partial charge in [0.2, 0.25) is 5.91 Å². The highest BCUT2D eigenvalue weighted by atomic mass is 35.5. The molecule has 0 aliphatic carbocycles. The lowest BCUT2D eigenvalue weighted by atomic mass is 10.1. The van der Waals surface area contributed by atoms with Crippen molar-refractivity contribution < 1.29 is 4.79 Å². The van der Waals surface area contributed by atoms with Crippen LogP contribution in [0.15, 0.2) is 71.3 Å². The highest BCUT2D eigenvalue weighted by Gasteiger charge is 2.24. The third-order valence-corrected chi connectivity index (χ3v) is 6.73. The molecule has 0 spiro atoms. The molecule has 2 aromatic heterocycles. The molecule has 0 aliphatic rings. The first-order valence-corrected chi connectivity index (χ1v) is 10.7. The fourth-order valence-electron chi connectivity index (χ4n) is 2.75. The van der Waals surface area contributed by atoms with Gasteiger partial charge in [0.15, 0.2) is 0 Å². The third-order valence-electron chi connectivity index (χ3n) is 4.23. The Bertz CT molecular complexity index is 1130. The molecule has 7 heteroatoms. The Morgan fingerprint density at radius 2 is 1.96 bits per heavy atom. The number of fused-ring (bicyclic) bond motifs is 1. The number of rotatable bonds is 5. The fourth-order valence-corrected chi connectivity index (χ4v) is 4.81. The minimum absolute atomic E-state index is 0.127. The maximum absolute atomic E-state index is 13.2. The van der Waals surface area contributed by atoms with Crippen LogP contribution in [0, 0.1) is 6.92 Å². The average molecular weight is 426 g/mol. The zero-order valence-electron chi connectivity index (χ0n) is 14.9. The predicted octanol–water partition coefficient (Wildman–Crippen LogP) is 6.13. The molecule has 140 valence electrons. The molecular weight excluding hydrogens is 410 g/mol. The maximum atomic E-state index is 13.2. The molecule has 1 unspecified atom stereocenters.